The van der Waals surface area contributed by atoms with Gasteiger partial charge in [0.15, 0.2) is 5.84 Å². The Morgan fingerprint density at radius 3 is 2.58 bits per heavy atom. The first-order chi connectivity index (χ1) is 17.5. The summed E-state index contributed by atoms with van der Waals surface area (Å²) in [5.74, 6) is 0.901. The second-order valence-electron chi connectivity index (χ2n) is 8.72. The lowest BCUT2D eigenvalue weighted by molar-refractivity contribution is -0.108. The van der Waals surface area contributed by atoms with Crippen molar-refractivity contribution in [3.05, 3.63) is 87.6 Å². The van der Waals surface area contributed by atoms with Gasteiger partial charge in [-0.1, -0.05) is 67.0 Å². The third kappa shape index (κ3) is 4.77. The molecule has 9 nitrogen and oxygen atoms in total. The van der Waals surface area contributed by atoms with Gasteiger partial charge in [-0.05, 0) is 37.0 Å². The van der Waals surface area contributed by atoms with E-state index < -0.39 is 0 Å². The lowest BCUT2D eigenvalue weighted by atomic mass is 9.96. The number of hydrogen-bond donors (Lipinski definition) is 1. The number of benzene rings is 2. The summed E-state index contributed by atoms with van der Waals surface area (Å²) in [6.45, 7) is 6.05. The van der Waals surface area contributed by atoms with Crippen LogP contribution in [0, 0.1) is 0 Å². The minimum Gasteiger partial charge on any atom is -0.397 e. The number of hydrogen-bond acceptors (Lipinski definition) is 6. The quantitative estimate of drug-likeness (QED) is 0.168. The molecular formula is C27H30N6O3. The molecule has 9 heteroatoms. The lowest BCUT2D eigenvalue weighted by Crippen LogP contribution is -2.30. The highest BCUT2D eigenvalue weighted by Gasteiger charge is 2.20. The van der Waals surface area contributed by atoms with Gasteiger partial charge in [-0.25, -0.2) is 4.52 Å². The summed E-state index contributed by atoms with van der Waals surface area (Å²) in [4.78, 5) is 33.9. The molecule has 0 aliphatic rings. The SMILES string of the molecule is CCCc1c(Cc2ccc(-c3ccccc3/C(=N/OC)NC=O)cc2)c(=O)n(C(C)C)c2ncnn12. The van der Waals surface area contributed by atoms with Crippen molar-refractivity contribution in [3.8, 4) is 11.1 Å². The van der Waals surface area contributed by atoms with Gasteiger partial charge in [0.2, 0.25) is 12.2 Å². The second kappa shape index (κ2) is 11.0. The number of aryl methyl sites for hydroxylation is 1. The topological polar surface area (TPSA) is 103 Å². The molecule has 0 unspecified atom stereocenters. The first-order valence-electron chi connectivity index (χ1n) is 12.0. The number of fused-ring (bicyclic) bond motifs is 1. The number of nitrogens with zero attached hydrogens (tertiary/aromatic N) is 5. The summed E-state index contributed by atoms with van der Waals surface area (Å²) < 4.78 is 3.52. The maximum Gasteiger partial charge on any atom is 0.258 e. The summed E-state index contributed by atoms with van der Waals surface area (Å²) in [6.07, 6.45) is 4.19. The predicted molar refractivity (Wildman–Crippen MR) is 139 cm³/mol. The van der Waals surface area contributed by atoms with Crippen LogP contribution in [-0.2, 0) is 22.5 Å². The molecular weight excluding hydrogens is 456 g/mol. The van der Waals surface area contributed by atoms with Crippen LogP contribution in [0.1, 0.15) is 55.6 Å². The Balaban J connectivity index is 1.75. The van der Waals surface area contributed by atoms with Crippen molar-refractivity contribution in [2.24, 2.45) is 5.16 Å². The van der Waals surface area contributed by atoms with Crippen molar-refractivity contribution < 1.29 is 9.63 Å². The molecule has 36 heavy (non-hydrogen) atoms. The Kier molecular flexibility index (Phi) is 7.58. The number of oxime groups is 1. The van der Waals surface area contributed by atoms with Crippen LogP contribution in [0.15, 0.2) is 64.8 Å². The standard InChI is InChI=1S/C27H30N6O3/c1-5-8-24-23(26(35)32(18(2)3)27-28-16-30-33(24)27)15-19-11-13-20(14-12-19)21-9-6-7-10-22(21)25(29-17-34)31-36-4/h6-7,9-14,16-18H,5,8,15H2,1-4H3,(H,29,31,34). The molecule has 0 aliphatic heterocycles. The number of aromatic nitrogens is 4. The van der Waals surface area contributed by atoms with Crippen molar-refractivity contribution in [1.82, 2.24) is 24.5 Å². The Hall–Kier alpha value is -4.27. The molecule has 2 heterocycles. The zero-order valence-corrected chi connectivity index (χ0v) is 20.9. The molecule has 4 aromatic rings. The molecule has 0 radical (unpaired) electrons. The van der Waals surface area contributed by atoms with Crippen molar-refractivity contribution in [2.75, 3.05) is 7.11 Å². The third-order valence-electron chi connectivity index (χ3n) is 6.04. The monoisotopic (exact) mass is 486 g/mol. The molecule has 2 aromatic heterocycles. The molecule has 2 aromatic carbocycles. The van der Waals surface area contributed by atoms with Crippen LogP contribution in [0.25, 0.3) is 16.9 Å². The van der Waals surface area contributed by atoms with Crippen molar-refractivity contribution in [1.29, 1.82) is 0 Å². The highest BCUT2D eigenvalue weighted by Crippen LogP contribution is 2.25. The van der Waals surface area contributed by atoms with E-state index in [0.717, 1.165) is 46.4 Å². The highest BCUT2D eigenvalue weighted by molar-refractivity contribution is 6.08. The predicted octanol–water partition coefficient (Wildman–Crippen LogP) is 3.74. The number of amides is 1. The van der Waals surface area contributed by atoms with Crippen LogP contribution in [0.4, 0.5) is 0 Å². The first-order valence-corrected chi connectivity index (χ1v) is 12.0. The fourth-order valence-electron chi connectivity index (χ4n) is 4.46. The van der Waals surface area contributed by atoms with E-state index in [2.05, 4.69) is 27.5 Å². The molecule has 0 saturated heterocycles. The molecule has 0 aliphatic carbocycles. The van der Waals surface area contributed by atoms with Gasteiger partial charge >= 0.3 is 0 Å². The maximum absolute atomic E-state index is 13.6. The molecule has 1 amide bonds. The fourth-order valence-corrected chi connectivity index (χ4v) is 4.46. The van der Waals surface area contributed by atoms with Gasteiger partial charge in [0.05, 0.1) is 5.69 Å². The van der Waals surface area contributed by atoms with E-state index in [9.17, 15) is 9.59 Å². The Morgan fingerprint density at radius 1 is 1.17 bits per heavy atom. The average molecular weight is 487 g/mol. The van der Waals surface area contributed by atoms with E-state index in [0.29, 0.717) is 24.4 Å². The third-order valence-corrected chi connectivity index (χ3v) is 6.04. The number of carbonyl (C=O) groups is 1. The van der Waals surface area contributed by atoms with Gasteiger partial charge in [-0.3, -0.25) is 14.2 Å². The van der Waals surface area contributed by atoms with Crippen LogP contribution in [0.3, 0.4) is 0 Å². The largest absolute Gasteiger partial charge is 0.397 e. The molecule has 0 bridgehead atoms. The molecule has 0 saturated carbocycles. The van der Waals surface area contributed by atoms with Gasteiger partial charge in [-0.2, -0.15) is 10.1 Å². The minimum absolute atomic E-state index is 0.0243. The van der Waals surface area contributed by atoms with Crippen LogP contribution in [0.2, 0.25) is 0 Å². The van der Waals surface area contributed by atoms with Crippen molar-refractivity contribution in [2.45, 2.75) is 46.1 Å². The number of amidine groups is 1. The van der Waals surface area contributed by atoms with E-state index in [-0.39, 0.29) is 11.6 Å². The number of rotatable bonds is 9. The Morgan fingerprint density at radius 2 is 1.92 bits per heavy atom. The van der Waals surface area contributed by atoms with Crippen LogP contribution in [-0.4, -0.2) is 38.5 Å². The number of nitrogens with one attached hydrogen (secondary N) is 1. The van der Waals surface area contributed by atoms with Gasteiger partial charge in [0, 0.05) is 23.6 Å². The zero-order valence-electron chi connectivity index (χ0n) is 20.9. The Bertz CT molecular complexity index is 1450. The molecule has 0 atom stereocenters. The molecule has 4 rings (SSSR count). The fraction of sp³-hybridized carbons (Fsp3) is 0.296. The summed E-state index contributed by atoms with van der Waals surface area (Å²) in [5, 5.41) is 11.0. The lowest BCUT2D eigenvalue weighted by Gasteiger charge is -2.17. The van der Waals surface area contributed by atoms with E-state index in [1.165, 1.54) is 13.4 Å². The smallest absolute Gasteiger partial charge is 0.258 e. The first kappa shape index (κ1) is 24.8. The Labute approximate surface area is 209 Å². The summed E-state index contributed by atoms with van der Waals surface area (Å²) >= 11 is 0. The van der Waals surface area contributed by atoms with Crippen LogP contribution in [0.5, 0.6) is 0 Å². The maximum atomic E-state index is 13.6. The van der Waals surface area contributed by atoms with E-state index >= 15 is 0 Å². The molecule has 0 fully saturated rings. The van der Waals surface area contributed by atoms with Crippen molar-refractivity contribution in [3.63, 3.8) is 0 Å². The van der Waals surface area contributed by atoms with Gasteiger partial charge in [-0.15, -0.1) is 0 Å². The van der Waals surface area contributed by atoms with Gasteiger partial charge < -0.3 is 10.2 Å². The van der Waals surface area contributed by atoms with E-state index in [4.69, 9.17) is 4.84 Å². The normalized spacial score (nSPS) is 11.8. The second-order valence-corrected chi connectivity index (χ2v) is 8.72. The van der Waals surface area contributed by atoms with Crippen LogP contribution < -0.4 is 10.9 Å². The van der Waals surface area contributed by atoms with E-state index in [1.807, 2.05) is 66.9 Å². The van der Waals surface area contributed by atoms with Crippen LogP contribution >= 0.6 is 0 Å². The highest BCUT2D eigenvalue weighted by atomic mass is 16.6. The number of carbonyl (C=O) groups excluding carboxylic acids is 1. The zero-order chi connectivity index (χ0) is 25.7. The summed E-state index contributed by atoms with van der Waals surface area (Å²) in [7, 11) is 1.43. The average Bonchev–Trinajstić information content (AvgIpc) is 3.35. The minimum atomic E-state index is -0.0413. The molecule has 186 valence electrons. The summed E-state index contributed by atoms with van der Waals surface area (Å²) in [6, 6.07) is 15.6. The molecule has 1 N–H and O–H groups in total. The van der Waals surface area contributed by atoms with Gasteiger partial charge in [0.25, 0.3) is 5.56 Å². The van der Waals surface area contributed by atoms with Gasteiger partial charge in [0.1, 0.15) is 13.4 Å². The molecule has 0 spiro atoms. The van der Waals surface area contributed by atoms with Crippen molar-refractivity contribution >= 4 is 18.0 Å². The van der Waals surface area contributed by atoms with E-state index in [1.54, 1.807) is 4.57 Å². The summed E-state index contributed by atoms with van der Waals surface area (Å²) in [5.41, 5.74) is 5.21.